The van der Waals surface area contributed by atoms with Crippen molar-refractivity contribution in [3.8, 4) is 23.3 Å². The minimum Gasteiger partial charge on any atom is -0.471 e. The summed E-state index contributed by atoms with van der Waals surface area (Å²) in [5.41, 5.74) is 9.29. The molecule has 158 valence electrons. The summed E-state index contributed by atoms with van der Waals surface area (Å²) in [7, 11) is 0. The number of nitrogen functional groups attached to an aromatic ring is 1. The van der Waals surface area contributed by atoms with Crippen LogP contribution in [0.1, 0.15) is 28.2 Å². The van der Waals surface area contributed by atoms with E-state index >= 15 is 0 Å². The first kappa shape index (κ1) is 20.3. The minimum absolute atomic E-state index is 0.00224. The van der Waals surface area contributed by atoms with E-state index < -0.39 is 5.91 Å². The largest absolute Gasteiger partial charge is 0.471 e. The smallest absolute Gasteiger partial charge is 0.284 e. The summed E-state index contributed by atoms with van der Waals surface area (Å²) >= 11 is 0. The highest BCUT2D eigenvalue weighted by Crippen LogP contribution is 2.28. The third-order valence-corrected chi connectivity index (χ3v) is 4.39. The number of nitriles is 1. The lowest BCUT2D eigenvalue weighted by molar-refractivity contribution is 0.0152. The molecule has 2 aromatic heterocycles. The van der Waals surface area contributed by atoms with Gasteiger partial charge in [0, 0.05) is 12.0 Å². The average Bonchev–Trinajstić information content (AvgIpc) is 3.48. The van der Waals surface area contributed by atoms with Gasteiger partial charge in [-0.3, -0.25) is 9.63 Å². The van der Waals surface area contributed by atoms with Crippen LogP contribution in [0.4, 0.5) is 5.82 Å². The van der Waals surface area contributed by atoms with Gasteiger partial charge in [0.1, 0.15) is 23.7 Å². The molecule has 1 unspecified atom stereocenters. The van der Waals surface area contributed by atoms with Crippen molar-refractivity contribution in [1.29, 1.82) is 5.26 Å². The number of anilines is 1. The van der Waals surface area contributed by atoms with E-state index in [0.717, 1.165) is 0 Å². The number of oxazole rings is 1. The number of aromatic nitrogens is 3. The monoisotopic (exact) mass is 422 g/mol. The molecule has 0 bridgehead atoms. The number of hydroxylamine groups is 1. The molecule has 1 aliphatic rings. The van der Waals surface area contributed by atoms with Crippen LogP contribution in [0.25, 0.3) is 11.4 Å². The highest BCUT2D eigenvalue weighted by atomic mass is 16.7. The van der Waals surface area contributed by atoms with Crippen LogP contribution in [0.2, 0.25) is 0 Å². The fourth-order valence-electron chi connectivity index (χ4n) is 2.91. The van der Waals surface area contributed by atoms with Gasteiger partial charge >= 0.3 is 0 Å². The molecule has 1 amide bonds. The minimum atomic E-state index is -0.685. The zero-order chi connectivity index (χ0) is 21.6. The number of hydrogen-bond donors (Lipinski definition) is 2. The van der Waals surface area contributed by atoms with Crippen molar-refractivity contribution in [2.24, 2.45) is 0 Å². The van der Waals surface area contributed by atoms with Crippen LogP contribution in [0.3, 0.4) is 0 Å². The van der Waals surface area contributed by atoms with Gasteiger partial charge < -0.3 is 19.6 Å². The summed E-state index contributed by atoms with van der Waals surface area (Å²) in [6, 6.07) is 8.78. The number of nitrogens with two attached hydrogens (primary N) is 1. The molecule has 11 nitrogen and oxygen atoms in total. The molecule has 31 heavy (non-hydrogen) atoms. The van der Waals surface area contributed by atoms with Crippen molar-refractivity contribution in [3.05, 3.63) is 53.7 Å². The Labute approximate surface area is 176 Å². The molecule has 1 saturated heterocycles. The molecule has 3 N–H and O–H groups in total. The maximum Gasteiger partial charge on any atom is 0.284 e. The maximum absolute atomic E-state index is 12.7. The van der Waals surface area contributed by atoms with Crippen LogP contribution >= 0.6 is 0 Å². The lowest BCUT2D eigenvalue weighted by atomic mass is 10.1. The van der Waals surface area contributed by atoms with Crippen molar-refractivity contribution in [2.45, 2.75) is 19.1 Å². The van der Waals surface area contributed by atoms with Crippen molar-refractivity contribution in [1.82, 2.24) is 20.4 Å². The van der Waals surface area contributed by atoms with E-state index in [-0.39, 0.29) is 41.7 Å². The summed E-state index contributed by atoms with van der Waals surface area (Å²) < 4.78 is 16.3. The highest BCUT2D eigenvalue weighted by molar-refractivity contribution is 6.00. The Morgan fingerprint density at radius 2 is 2.29 bits per heavy atom. The van der Waals surface area contributed by atoms with E-state index in [1.54, 1.807) is 24.3 Å². The standard InChI is InChI=1S/C20H18N6O5/c21-9-12-2-1-3-13(8-12)18-24-17(22)16(20(25-18)31-14-4-6-28-10-14)19(27)26-30-11-15-23-5-7-29-15/h1-3,5,7-8,14H,4,6,10-11H2,(H,26,27)(H2,22,24,25). The molecule has 11 heteroatoms. The summed E-state index contributed by atoms with van der Waals surface area (Å²) in [5.74, 6) is -0.274. The number of rotatable bonds is 7. The van der Waals surface area contributed by atoms with Crippen LogP contribution in [-0.2, 0) is 16.2 Å². The first-order valence-corrected chi connectivity index (χ1v) is 9.37. The third-order valence-electron chi connectivity index (χ3n) is 4.39. The Morgan fingerprint density at radius 1 is 1.39 bits per heavy atom. The molecule has 0 spiro atoms. The molecular weight excluding hydrogens is 404 g/mol. The zero-order valence-corrected chi connectivity index (χ0v) is 16.3. The number of carbonyl (C=O) groups excluding carboxylic acids is 1. The molecule has 0 saturated carbocycles. The maximum atomic E-state index is 12.7. The van der Waals surface area contributed by atoms with Gasteiger partial charge in [-0.05, 0) is 12.1 Å². The van der Waals surface area contributed by atoms with Gasteiger partial charge in [0.2, 0.25) is 11.8 Å². The lowest BCUT2D eigenvalue weighted by Crippen LogP contribution is -2.28. The second kappa shape index (κ2) is 9.21. The molecule has 1 fully saturated rings. The summed E-state index contributed by atoms with van der Waals surface area (Å²) in [5, 5.41) is 9.14. The molecule has 0 aliphatic carbocycles. The number of hydrogen-bond acceptors (Lipinski definition) is 10. The van der Waals surface area contributed by atoms with Gasteiger partial charge in [-0.15, -0.1) is 0 Å². The Balaban J connectivity index is 1.62. The van der Waals surface area contributed by atoms with Gasteiger partial charge in [0.15, 0.2) is 12.4 Å². The van der Waals surface area contributed by atoms with E-state index in [4.69, 9.17) is 29.7 Å². The van der Waals surface area contributed by atoms with Crippen molar-refractivity contribution >= 4 is 11.7 Å². The van der Waals surface area contributed by atoms with Gasteiger partial charge in [0.05, 0.1) is 31.0 Å². The van der Waals surface area contributed by atoms with Crippen molar-refractivity contribution in [3.63, 3.8) is 0 Å². The molecule has 0 radical (unpaired) electrons. The van der Waals surface area contributed by atoms with Gasteiger partial charge in [-0.2, -0.15) is 10.2 Å². The average molecular weight is 422 g/mol. The lowest BCUT2D eigenvalue weighted by Gasteiger charge is -2.16. The fourth-order valence-corrected chi connectivity index (χ4v) is 2.91. The predicted molar refractivity (Wildman–Crippen MR) is 105 cm³/mol. The fraction of sp³-hybridized carbons (Fsp3) is 0.250. The quantitative estimate of drug-likeness (QED) is 0.536. The molecule has 1 aliphatic heterocycles. The normalized spacial score (nSPS) is 15.4. The number of nitrogens with one attached hydrogen (secondary N) is 1. The number of ether oxygens (including phenoxy) is 2. The molecular formula is C20H18N6O5. The number of carbonyl (C=O) groups is 1. The molecule has 1 aromatic carbocycles. The second-order valence-corrected chi connectivity index (χ2v) is 6.55. The Hall–Kier alpha value is -4.01. The topological polar surface area (TPSA) is 158 Å². The molecule has 3 aromatic rings. The van der Waals surface area contributed by atoms with E-state index in [1.807, 2.05) is 0 Å². The summed E-state index contributed by atoms with van der Waals surface area (Å²) in [6.07, 6.45) is 3.21. The summed E-state index contributed by atoms with van der Waals surface area (Å²) in [6.45, 7) is 0.833. The highest BCUT2D eigenvalue weighted by Gasteiger charge is 2.26. The van der Waals surface area contributed by atoms with E-state index in [9.17, 15) is 4.79 Å². The van der Waals surface area contributed by atoms with Crippen LogP contribution in [-0.4, -0.2) is 40.2 Å². The SMILES string of the molecule is N#Cc1cccc(-c2nc(N)c(C(=O)NOCc3ncco3)c(OC3CCOC3)n2)c1. The first-order chi connectivity index (χ1) is 15.1. The van der Waals surface area contributed by atoms with Gasteiger partial charge in [-0.1, -0.05) is 12.1 Å². The third kappa shape index (κ3) is 4.77. The Bertz CT molecular complexity index is 1110. The molecule has 4 rings (SSSR count). The van der Waals surface area contributed by atoms with E-state index in [0.29, 0.717) is 30.8 Å². The number of nitrogens with zero attached hydrogens (tertiary/aromatic N) is 4. The second-order valence-electron chi connectivity index (χ2n) is 6.55. The number of amides is 1. The molecule has 1 atom stereocenters. The van der Waals surface area contributed by atoms with Crippen molar-refractivity contribution < 1.29 is 23.5 Å². The van der Waals surface area contributed by atoms with Gasteiger partial charge in [0.25, 0.3) is 5.91 Å². The molecule has 3 heterocycles. The van der Waals surface area contributed by atoms with Crippen LogP contribution in [0.5, 0.6) is 5.88 Å². The Kier molecular flexibility index (Phi) is 6.02. The first-order valence-electron chi connectivity index (χ1n) is 9.37. The van der Waals surface area contributed by atoms with Crippen LogP contribution < -0.4 is 16.0 Å². The summed E-state index contributed by atoms with van der Waals surface area (Å²) in [4.78, 5) is 30.4. The Morgan fingerprint density at radius 3 is 3.03 bits per heavy atom. The van der Waals surface area contributed by atoms with Gasteiger partial charge in [-0.25, -0.2) is 15.4 Å². The van der Waals surface area contributed by atoms with E-state index in [2.05, 4.69) is 26.5 Å². The van der Waals surface area contributed by atoms with Crippen molar-refractivity contribution in [2.75, 3.05) is 18.9 Å². The van der Waals surface area contributed by atoms with E-state index in [1.165, 1.54) is 12.5 Å². The predicted octanol–water partition coefficient (Wildman–Crippen LogP) is 1.61. The van der Waals surface area contributed by atoms with Crippen LogP contribution in [0, 0.1) is 11.3 Å². The zero-order valence-electron chi connectivity index (χ0n) is 16.3. The van der Waals surface area contributed by atoms with Crippen LogP contribution in [0.15, 0.2) is 41.1 Å². The number of benzene rings is 1.